The van der Waals surface area contributed by atoms with Gasteiger partial charge < -0.3 is 9.47 Å². The van der Waals surface area contributed by atoms with Crippen molar-refractivity contribution in [2.24, 2.45) is 0 Å². The Kier molecular flexibility index (Phi) is 3.31. The van der Waals surface area contributed by atoms with Gasteiger partial charge in [0.05, 0.1) is 19.8 Å². The van der Waals surface area contributed by atoms with Crippen LogP contribution in [0, 0.1) is 11.3 Å². The standard InChI is InChI=1S/C13H15NO2/c1-15-11-4-5-13-12(9-11)10(6-7-14)3-2-8-16-13/h4-5,9-10H,2-3,6,8H2,1H3. The van der Waals surface area contributed by atoms with Gasteiger partial charge in [0.15, 0.2) is 0 Å². The third-order valence-corrected chi connectivity index (χ3v) is 2.95. The van der Waals surface area contributed by atoms with Gasteiger partial charge in [-0.2, -0.15) is 5.26 Å². The molecule has 1 aromatic carbocycles. The summed E-state index contributed by atoms with van der Waals surface area (Å²) in [6, 6.07) is 8.07. The number of nitrogens with zero attached hydrogens (tertiary/aromatic N) is 1. The highest BCUT2D eigenvalue weighted by atomic mass is 16.5. The lowest BCUT2D eigenvalue weighted by atomic mass is 9.92. The molecule has 0 spiro atoms. The Bertz CT molecular complexity index is 409. The number of fused-ring (bicyclic) bond motifs is 1. The lowest BCUT2D eigenvalue weighted by molar-refractivity contribution is 0.315. The minimum absolute atomic E-state index is 0.276. The van der Waals surface area contributed by atoms with Gasteiger partial charge in [0.25, 0.3) is 0 Å². The maximum atomic E-state index is 8.84. The molecule has 1 unspecified atom stereocenters. The van der Waals surface area contributed by atoms with Crippen LogP contribution in [0.15, 0.2) is 18.2 Å². The lowest BCUT2D eigenvalue weighted by Crippen LogP contribution is -1.98. The minimum Gasteiger partial charge on any atom is -0.497 e. The molecule has 0 fully saturated rings. The van der Waals surface area contributed by atoms with Gasteiger partial charge in [-0.25, -0.2) is 0 Å². The molecule has 1 atom stereocenters. The number of hydrogen-bond donors (Lipinski definition) is 0. The third kappa shape index (κ3) is 2.11. The average Bonchev–Trinajstić information content (AvgIpc) is 2.52. The monoisotopic (exact) mass is 217 g/mol. The van der Waals surface area contributed by atoms with Gasteiger partial charge in [0.2, 0.25) is 0 Å². The molecule has 84 valence electrons. The van der Waals surface area contributed by atoms with Crippen LogP contribution >= 0.6 is 0 Å². The van der Waals surface area contributed by atoms with E-state index in [1.807, 2.05) is 18.2 Å². The van der Waals surface area contributed by atoms with Crippen LogP contribution in [0.2, 0.25) is 0 Å². The third-order valence-electron chi connectivity index (χ3n) is 2.95. The Morgan fingerprint density at radius 1 is 1.56 bits per heavy atom. The molecule has 0 radical (unpaired) electrons. The van der Waals surface area contributed by atoms with Gasteiger partial charge in [-0.05, 0) is 31.0 Å². The number of nitriles is 1. The Labute approximate surface area is 95.6 Å². The topological polar surface area (TPSA) is 42.2 Å². The second kappa shape index (κ2) is 4.89. The van der Waals surface area contributed by atoms with Crippen molar-refractivity contribution in [2.45, 2.75) is 25.2 Å². The predicted octanol–water partition coefficient (Wildman–Crippen LogP) is 2.87. The van der Waals surface area contributed by atoms with E-state index in [0.717, 1.165) is 36.5 Å². The SMILES string of the molecule is COc1ccc2c(c1)C(CC#N)CCCO2. The predicted molar refractivity (Wildman–Crippen MR) is 60.7 cm³/mol. The molecule has 0 saturated heterocycles. The maximum absolute atomic E-state index is 8.84. The first-order chi connectivity index (χ1) is 7.85. The van der Waals surface area contributed by atoms with E-state index in [1.54, 1.807) is 7.11 Å². The van der Waals surface area contributed by atoms with Crippen molar-refractivity contribution in [1.82, 2.24) is 0 Å². The molecule has 1 heterocycles. The minimum atomic E-state index is 0.276. The van der Waals surface area contributed by atoms with E-state index in [1.165, 1.54) is 0 Å². The molecular weight excluding hydrogens is 202 g/mol. The highest BCUT2D eigenvalue weighted by molar-refractivity contribution is 5.43. The molecule has 2 rings (SSSR count). The summed E-state index contributed by atoms with van der Waals surface area (Å²) < 4.78 is 10.9. The zero-order valence-corrected chi connectivity index (χ0v) is 9.40. The lowest BCUT2D eigenvalue weighted by Gasteiger charge is -2.14. The van der Waals surface area contributed by atoms with E-state index in [0.29, 0.717) is 6.42 Å². The fourth-order valence-corrected chi connectivity index (χ4v) is 2.09. The van der Waals surface area contributed by atoms with E-state index in [-0.39, 0.29) is 5.92 Å². The number of ether oxygens (including phenoxy) is 2. The van der Waals surface area contributed by atoms with Crippen molar-refractivity contribution in [3.63, 3.8) is 0 Å². The second-order valence-corrected chi connectivity index (χ2v) is 3.95. The van der Waals surface area contributed by atoms with Crippen LogP contribution in [0.3, 0.4) is 0 Å². The fraction of sp³-hybridized carbons (Fsp3) is 0.462. The van der Waals surface area contributed by atoms with Gasteiger partial charge in [-0.3, -0.25) is 0 Å². The van der Waals surface area contributed by atoms with Crippen molar-refractivity contribution in [3.05, 3.63) is 23.8 Å². The van der Waals surface area contributed by atoms with Crippen LogP contribution in [0.5, 0.6) is 11.5 Å². The van der Waals surface area contributed by atoms with Crippen molar-refractivity contribution < 1.29 is 9.47 Å². The molecule has 0 saturated carbocycles. The molecule has 0 amide bonds. The van der Waals surface area contributed by atoms with Gasteiger partial charge >= 0.3 is 0 Å². The average molecular weight is 217 g/mol. The zero-order chi connectivity index (χ0) is 11.4. The molecule has 3 heteroatoms. The molecule has 3 nitrogen and oxygen atoms in total. The smallest absolute Gasteiger partial charge is 0.123 e. The highest BCUT2D eigenvalue weighted by Gasteiger charge is 2.20. The second-order valence-electron chi connectivity index (χ2n) is 3.95. The number of benzene rings is 1. The van der Waals surface area contributed by atoms with Crippen LogP contribution in [-0.2, 0) is 0 Å². The van der Waals surface area contributed by atoms with Crippen molar-refractivity contribution in [3.8, 4) is 17.6 Å². The highest BCUT2D eigenvalue weighted by Crippen LogP contribution is 2.37. The fourth-order valence-electron chi connectivity index (χ4n) is 2.09. The molecule has 0 aliphatic carbocycles. The molecule has 1 aliphatic rings. The van der Waals surface area contributed by atoms with Crippen LogP contribution in [0.1, 0.15) is 30.7 Å². The van der Waals surface area contributed by atoms with Gasteiger partial charge in [-0.15, -0.1) is 0 Å². The first-order valence-electron chi connectivity index (χ1n) is 5.53. The van der Waals surface area contributed by atoms with Gasteiger partial charge in [-0.1, -0.05) is 0 Å². The molecule has 1 aromatic rings. The largest absolute Gasteiger partial charge is 0.497 e. The Morgan fingerprint density at radius 3 is 3.19 bits per heavy atom. The maximum Gasteiger partial charge on any atom is 0.123 e. The summed E-state index contributed by atoms with van der Waals surface area (Å²) in [5, 5.41) is 8.84. The normalized spacial score (nSPS) is 18.9. The van der Waals surface area contributed by atoms with E-state index >= 15 is 0 Å². The van der Waals surface area contributed by atoms with Gasteiger partial charge in [0.1, 0.15) is 11.5 Å². The summed E-state index contributed by atoms with van der Waals surface area (Å²) in [6.07, 6.45) is 2.56. The summed E-state index contributed by atoms with van der Waals surface area (Å²) in [4.78, 5) is 0. The number of hydrogen-bond acceptors (Lipinski definition) is 3. The van der Waals surface area contributed by atoms with Crippen molar-refractivity contribution >= 4 is 0 Å². The van der Waals surface area contributed by atoms with Crippen LogP contribution in [-0.4, -0.2) is 13.7 Å². The molecule has 0 bridgehead atoms. The molecule has 0 N–H and O–H groups in total. The van der Waals surface area contributed by atoms with Crippen LogP contribution < -0.4 is 9.47 Å². The van der Waals surface area contributed by atoms with Crippen molar-refractivity contribution in [2.75, 3.05) is 13.7 Å². The number of methoxy groups -OCH3 is 1. The molecule has 0 aromatic heterocycles. The Morgan fingerprint density at radius 2 is 2.44 bits per heavy atom. The molecular formula is C13H15NO2. The summed E-state index contributed by atoms with van der Waals surface area (Å²) in [5.41, 5.74) is 1.11. The van der Waals surface area contributed by atoms with E-state index in [9.17, 15) is 0 Å². The summed E-state index contributed by atoms with van der Waals surface area (Å²) in [7, 11) is 1.65. The summed E-state index contributed by atoms with van der Waals surface area (Å²) in [6.45, 7) is 0.737. The van der Waals surface area contributed by atoms with Crippen molar-refractivity contribution in [1.29, 1.82) is 5.26 Å². The Hall–Kier alpha value is -1.69. The Balaban J connectivity index is 2.37. The van der Waals surface area contributed by atoms with Gasteiger partial charge in [0, 0.05) is 17.9 Å². The summed E-state index contributed by atoms with van der Waals surface area (Å²) >= 11 is 0. The van der Waals surface area contributed by atoms with E-state index in [4.69, 9.17) is 14.7 Å². The molecule has 16 heavy (non-hydrogen) atoms. The first-order valence-corrected chi connectivity index (χ1v) is 5.53. The van der Waals surface area contributed by atoms with E-state index in [2.05, 4.69) is 6.07 Å². The van der Waals surface area contributed by atoms with Crippen LogP contribution in [0.4, 0.5) is 0 Å². The quantitative estimate of drug-likeness (QED) is 0.765. The van der Waals surface area contributed by atoms with Crippen LogP contribution in [0.25, 0.3) is 0 Å². The summed E-state index contributed by atoms with van der Waals surface area (Å²) in [5.74, 6) is 2.00. The zero-order valence-electron chi connectivity index (χ0n) is 9.40. The van der Waals surface area contributed by atoms with E-state index < -0.39 is 0 Å². The molecule has 1 aliphatic heterocycles. The number of rotatable bonds is 2. The first kappa shape index (κ1) is 10.8.